The fourth-order valence-corrected chi connectivity index (χ4v) is 5.07. The van der Waals surface area contributed by atoms with Gasteiger partial charge in [0.25, 0.3) is 5.91 Å². The van der Waals surface area contributed by atoms with Crippen molar-refractivity contribution in [1.82, 2.24) is 15.2 Å². The summed E-state index contributed by atoms with van der Waals surface area (Å²) in [5.41, 5.74) is 1.44. The molecule has 0 bridgehead atoms. The zero-order valence-corrected chi connectivity index (χ0v) is 19.6. The number of anilines is 1. The van der Waals surface area contributed by atoms with Gasteiger partial charge >= 0.3 is 6.09 Å². The summed E-state index contributed by atoms with van der Waals surface area (Å²) in [6.45, 7) is 1.97. The lowest BCUT2D eigenvalue weighted by atomic mass is 10.1. The lowest BCUT2D eigenvalue weighted by Crippen LogP contribution is -2.28. The fraction of sp³-hybridized carbons (Fsp3) is 0.227. The molecule has 4 heterocycles. The maximum absolute atomic E-state index is 13.1. The van der Waals surface area contributed by atoms with Gasteiger partial charge in [-0.05, 0) is 31.2 Å². The molecule has 2 amide bonds. The number of carbonyl (C=O) groups is 2. The molecule has 1 aliphatic rings. The molecule has 0 radical (unpaired) electrons. The van der Waals surface area contributed by atoms with E-state index in [0.717, 1.165) is 22.3 Å². The summed E-state index contributed by atoms with van der Waals surface area (Å²) in [5, 5.41) is 17.7. The number of para-hydroxylation sites is 1. The van der Waals surface area contributed by atoms with Crippen LogP contribution in [0.4, 0.5) is 9.93 Å². The van der Waals surface area contributed by atoms with Crippen LogP contribution in [0, 0.1) is 0 Å². The van der Waals surface area contributed by atoms with E-state index in [4.69, 9.17) is 13.6 Å². The number of nitrogens with zero attached hydrogens (tertiary/aromatic N) is 4. The van der Waals surface area contributed by atoms with Crippen molar-refractivity contribution in [3.63, 3.8) is 0 Å². The molecular formula is C22H19N5O5S2. The monoisotopic (exact) mass is 497 g/mol. The van der Waals surface area contributed by atoms with Gasteiger partial charge in [-0.25, -0.2) is 9.80 Å². The molecule has 10 nitrogen and oxygen atoms in total. The average molecular weight is 498 g/mol. The third-order valence-corrected chi connectivity index (χ3v) is 6.91. The minimum atomic E-state index is -0.600. The molecule has 0 saturated heterocycles. The zero-order chi connectivity index (χ0) is 23.5. The van der Waals surface area contributed by atoms with Gasteiger partial charge in [0, 0.05) is 11.8 Å². The van der Waals surface area contributed by atoms with E-state index in [9.17, 15) is 9.59 Å². The largest absolute Gasteiger partial charge is 0.467 e. The van der Waals surface area contributed by atoms with Gasteiger partial charge in [0.1, 0.15) is 23.1 Å². The van der Waals surface area contributed by atoms with Crippen molar-refractivity contribution in [2.75, 3.05) is 17.7 Å². The number of fused-ring (bicyclic) bond motifs is 1. The lowest BCUT2D eigenvalue weighted by Gasteiger charge is -2.19. The van der Waals surface area contributed by atoms with Crippen LogP contribution in [0.5, 0.6) is 0 Å². The van der Waals surface area contributed by atoms with Gasteiger partial charge in [-0.2, -0.15) is 5.10 Å². The standard InChI is InChI=1S/C22H19N5O5S2/c1-2-30-21(29)23-20-24-25-22(34-20)33-12-19(28)27-15(17-8-5-9-31-17)11-14(26-27)18-10-13-6-3-4-7-16(13)32-18/h3-10,15H,2,11-12H2,1H3,(H,23,24,29). The number of aromatic nitrogens is 2. The Balaban J connectivity index is 1.31. The highest BCUT2D eigenvalue weighted by molar-refractivity contribution is 8.01. The van der Waals surface area contributed by atoms with E-state index in [1.807, 2.05) is 36.4 Å². The van der Waals surface area contributed by atoms with E-state index in [-0.39, 0.29) is 24.3 Å². The fourth-order valence-electron chi connectivity index (χ4n) is 3.48. The van der Waals surface area contributed by atoms with Crippen molar-refractivity contribution in [1.29, 1.82) is 0 Å². The smallest absolute Gasteiger partial charge is 0.413 e. The number of furan rings is 2. The van der Waals surface area contributed by atoms with Crippen LogP contribution < -0.4 is 5.32 Å². The Kier molecular flexibility index (Phi) is 6.32. The Morgan fingerprint density at radius 2 is 2.15 bits per heavy atom. The molecule has 0 fully saturated rings. The van der Waals surface area contributed by atoms with Gasteiger partial charge in [-0.1, -0.05) is 41.3 Å². The molecule has 1 aromatic carbocycles. The van der Waals surface area contributed by atoms with E-state index in [1.54, 1.807) is 19.3 Å². The van der Waals surface area contributed by atoms with E-state index in [1.165, 1.54) is 16.8 Å². The molecule has 1 N–H and O–H groups in total. The summed E-state index contributed by atoms with van der Waals surface area (Å²) in [6, 6.07) is 12.9. The maximum atomic E-state index is 13.1. The number of hydrogen-bond donors (Lipinski definition) is 1. The molecule has 5 rings (SSSR count). The van der Waals surface area contributed by atoms with Crippen LogP contribution in [-0.2, 0) is 9.53 Å². The highest BCUT2D eigenvalue weighted by Gasteiger charge is 2.36. The minimum absolute atomic E-state index is 0.0855. The molecule has 1 atom stereocenters. The van der Waals surface area contributed by atoms with Gasteiger partial charge in [0.05, 0.1) is 18.6 Å². The second-order valence-electron chi connectivity index (χ2n) is 7.18. The van der Waals surface area contributed by atoms with Crippen LogP contribution >= 0.6 is 23.1 Å². The first kappa shape index (κ1) is 22.2. The number of hydrogen-bond acceptors (Lipinski definition) is 10. The Morgan fingerprint density at radius 1 is 1.26 bits per heavy atom. The molecule has 1 unspecified atom stereocenters. The second-order valence-corrected chi connectivity index (χ2v) is 9.38. The third kappa shape index (κ3) is 4.68. The normalized spacial score (nSPS) is 15.5. The molecule has 12 heteroatoms. The van der Waals surface area contributed by atoms with Gasteiger partial charge < -0.3 is 13.6 Å². The van der Waals surface area contributed by atoms with Crippen LogP contribution in [-0.4, -0.2) is 45.3 Å². The van der Waals surface area contributed by atoms with E-state index < -0.39 is 6.09 Å². The molecule has 0 spiro atoms. The van der Waals surface area contributed by atoms with Crippen LogP contribution in [0.1, 0.15) is 30.9 Å². The van der Waals surface area contributed by atoms with Crippen LogP contribution in [0.3, 0.4) is 0 Å². The number of ether oxygens (including phenoxy) is 1. The zero-order valence-electron chi connectivity index (χ0n) is 18.0. The maximum Gasteiger partial charge on any atom is 0.413 e. The molecule has 34 heavy (non-hydrogen) atoms. The van der Waals surface area contributed by atoms with Gasteiger partial charge in [-0.15, -0.1) is 10.2 Å². The lowest BCUT2D eigenvalue weighted by molar-refractivity contribution is -0.130. The summed E-state index contributed by atoms with van der Waals surface area (Å²) in [6.07, 6.45) is 1.44. The summed E-state index contributed by atoms with van der Waals surface area (Å²) in [5.74, 6) is 1.14. The van der Waals surface area contributed by atoms with E-state index in [0.29, 0.717) is 33.1 Å². The van der Waals surface area contributed by atoms with Crippen molar-refractivity contribution in [2.24, 2.45) is 5.10 Å². The highest BCUT2D eigenvalue weighted by atomic mass is 32.2. The Hall–Kier alpha value is -3.64. The summed E-state index contributed by atoms with van der Waals surface area (Å²) in [7, 11) is 0. The van der Waals surface area contributed by atoms with Gasteiger partial charge in [-0.3, -0.25) is 10.1 Å². The Bertz CT molecular complexity index is 1310. The summed E-state index contributed by atoms with van der Waals surface area (Å²) < 4.78 is 16.9. The predicted octanol–water partition coefficient (Wildman–Crippen LogP) is 4.92. The first-order valence-corrected chi connectivity index (χ1v) is 12.2. The van der Waals surface area contributed by atoms with Crippen LogP contribution in [0.15, 0.2) is 67.0 Å². The highest BCUT2D eigenvalue weighted by Crippen LogP contribution is 2.35. The second kappa shape index (κ2) is 9.69. The molecule has 0 saturated carbocycles. The van der Waals surface area contributed by atoms with Crippen molar-refractivity contribution in [3.8, 4) is 0 Å². The quantitative estimate of drug-likeness (QED) is 0.282. The van der Waals surface area contributed by atoms with Crippen molar-refractivity contribution in [2.45, 2.75) is 23.7 Å². The number of thioether (sulfide) groups is 1. The summed E-state index contributed by atoms with van der Waals surface area (Å²) >= 11 is 2.37. The van der Waals surface area contributed by atoms with E-state index >= 15 is 0 Å². The third-order valence-electron chi connectivity index (χ3n) is 4.96. The topological polar surface area (TPSA) is 123 Å². The molecule has 174 valence electrons. The number of nitrogens with one attached hydrogen (secondary N) is 1. The van der Waals surface area contributed by atoms with Crippen molar-refractivity contribution >= 4 is 56.9 Å². The van der Waals surface area contributed by atoms with Crippen molar-refractivity contribution < 1.29 is 23.2 Å². The molecule has 3 aromatic heterocycles. The molecule has 4 aromatic rings. The molecule has 1 aliphatic heterocycles. The number of rotatable bonds is 7. The summed E-state index contributed by atoms with van der Waals surface area (Å²) in [4.78, 5) is 24.7. The van der Waals surface area contributed by atoms with Crippen LogP contribution in [0.2, 0.25) is 0 Å². The van der Waals surface area contributed by atoms with Gasteiger partial charge in [0.15, 0.2) is 10.1 Å². The molecular weight excluding hydrogens is 478 g/mol. The number of benzene rings is 1. The predicted molar refractivity (Wildman–Crippen MR) is 127 cm³/mol. The van der Waals surface area contributed by atoms with Crippen molar-refractivity contribution in [3.05, 3.63) is 60.2 Å². The molecule has 0 aliphatic carbocycles. The number of amides is 2. The van der Waals surface area contributed by atoms with Gasteiger partial charge in [0.2, 0.25) is 5.13 Å². The van der Waals surface area contributed by atoms with E-state index in [2.05, 4.69) is 20.6 Å². The SMILES string of the molecule is CCOC(=O)Nc1nnc(SCC(=O)N2N=C(c3cc4ccccc4o3)CC2c2ccco2)s1. The number of carbonyl (C=O) groups excluding carboxylic acids is 2. The Labute approximate surface area is 202 Å². The average Bonchev–Trinajstić information content (AvgIpc) is 3.63. The van der Waals surface area contributed by atoms with Crippen LogP contribution in [0.25, 0.3) is 11.0 Å². The first-order valence-electron chi connectivity index (χ1n) is 10.4. The number of hydrazone groups is 1. The minimum Gasteiger partial charge on any atom is -0.467 e. The Morgan fingerprint density at radius 3 is 2.94 bits per heavy atom. The first-order chi connectivity index (χ1) is 16.6.